The number of nitro groups is 1. The number of fused-ring (bicyclic) bond motifs is 2. The van der Waals surface area contributed by atoms with E-state index in [0.29, 0.717) is 33.2 Å². The zero-order chi connectivity index (χ0) is 31.5. The minimum Gasteiger partial charge on any atom is -0.496 e. The Morgan fingerprint density at radius 1 is 0.978 bits per heavy atom. The maximum atomic E-state index is 13.7. The second kappa shape index (κ2) is 12.3. The molecular formula is C34H28N4O7. The molecule has 11 heteroatoms. The Balaban J connectivity index is 1.45. The van der Waals surface area contributed by atoms with Crippen LogP contribution in [-0.4, -0.2) is 34.5 Å². The first-order valence-corrected chi connectivity index (χ1v) is 14.1. The molecule has 0 saturated carbocycles. The van der Waals surface area contributed by atoms with Crippen molar-refractivity contribution in [2.45, 2.75) is 20.5 Å². The molecule has 0 atom stereocenters. The average molecular weight is 605 g/mol. The van der Waals surface area contributed by atoms with E-state index in [-0.39, 0.29) is 42.0 Å². The lowest BCUT2D eigenvalue weighted by molar-refractivity contribution is -0.386. The van der Waals surface area contributed by atoms with Crippen LogP contribution in [-0.2, 0) is 6.61 Å². The third kappa shape index (κ3) is 5.83. The summed E-state index contributed by atoms with van der Waals surface area (Å²) in [7, 11) is 1.56. The van der Waals surface area contributed by atoms with E-state index >= 15 is 0 Å². The van der Waals surface area contributed by atoms with Crippen molar-refractivity contribution in [1.29, 1.82) is 0 Å². The Kier molecular flexibility index (Phi) is 7.98. The van der Waals surface area contributed by atoms with Crippen LogP contribution in [0, 0.1) is 17.0 Å². The molecule has 45 heavy (non-hydrogen) atoms. The minimum atomic E-state index is -0.539. The summed E-state index contributed by atoms with van der Waals surface area (Å²) in [5, 5.41) is 17.7. The summed E-state index contributed by atoms with van der Waals surface area (Å²) in [5.74, 6) is 1.21. The highest BCUT2D eigenvalue weighted by molar-refractivity contribution is 5.89. The summed E-state index contributed by atoms with van der Waals surface area (Å²) in [4.78, 5) is 30.1. The van der Waals surface area contributed by atoms with Crippen LogP contribution in [0.5, 0.6) is 17.2 Å². The molecule has 2 heterocycles. The lowest BCUT2D eigenvalue weighted by Crippen LogP contribution is -2.20. The Morgan fingerprint density at radius 3 is 2.58 bits per heavy atom. The first kappa shape index (κ1) is 29.1. The number of para-hydroxylation sites is 1. The molecule has 0 N–H and O–H groups in total. The lowest BCUT2D eigenvalue weighted by Gasteiger charge is -2.13. The number of aryl methyl sites for hydroxylation is 1. The molecule has 0 radical (unpaired) electrons. The highest BCUT2D eigenvalue weighted by atomic mass is 16.6. The molecule has 6 aromatic rings. The fourth-order valence-corrected chi connectivity index (χ4v) is 5.02. The van der Waals surface area contributed by atoms with Gasteiger partial charge in [-0.05, 0) is 55.8 Å². The van der Waals surface area contributed by atoms with Gasteiger partial charge in [0.15, 0.2) is 11.5 Å². The summed E-state index contributed by atoms with van der Waals surface area (Å²) >= 11 is 0. The van der Waals surface area contributed by atoms with E-state index in [9.17, 15) is 14.9 Å². The van der Waals surface area contributed by atoms with Crippen LogP contribution in [0.25, 0.3) is 33.5 Å². The van der Waals surface area contributed by atoms with Gasteiger partial charge in [0.2, 0.25) is 11.6 Å². The summed E-state index contributed by atoms with van der Waals surface area (Å²) < 4.78 is 24.4. The van der Waals surface area contributed by atoms with Gasteiger partial charge < -0.3 is 18.6 Å². The normalized spacial score (nSPS) is 11.4. The van der Waals surface area contributed by atoms with Crippen molar-refractivity contribution in [3.63, 3.8) is 0 Å². The van der Waals surface area contributed by atoms with E-state index in [1.54, 1.807) is 68.6 Å². The zero-order valence-electron chi connectivity index (χ0n) is 24.7. The number of hydrogen-bond acceptors (Lipinski definition) is 9. The van der Waals surface area contributed by atoms with Crippen LogP contribution >= 0.6 is 0 Å². The Morgan fingerprint density at radius 2 is 1.80 bits per heavy atom. The van der Waals surface area contributed by atoms with Gasteiger partial charge in [0, 0.05) is 11.6 Å². The maximum Gasteiger partial charge on any atom is 0.315 e. The van der Waals surface area contributed by atoms with E-state index in [1.807, 2.05) is 31.2 Å². The number of methoxy groups -OCH3 is 1. The number of furan rings is 1. The fourth-order valence-electron chi connectivity index (χ4n) is 5.02. The first-order chi connectivity index (χ1) is 21.9. The molecule has 2 aromatic heterocycles. The maximum absolute atomic E-state index is 13.7. The second-order valence-corrected chi connectivity index (χ2v) is 10.1. The molecule has 0 spiro atoms. The molecule has 0 saturated heterocycles. The molecule has 0 aliphatic carbocycles. The van der Waals surface area contributed by atoms with E-state index in [1.165, 1.54) is 12.3 Å². The molecule has 226 valence electrons. The topological polar surface area (TPSA) is 131 Å². The van der Waals surface area contributed by atoms with E-state index in [4.69, 9.17) is 23.6 Å². The van der Waals surface area contributed by atoms with Gasteiger partial charge in [0.1, 0.15) is 17.9 Å². The SMILES string of the molecule is CCOc1cc(C=Nn2c(-c3cc4c(OC)cccc4o3)nc3ccccc3c2=O)cc([N+](=O)[O-])c1OCc1cccc(C)c1. The van der Waals surface area contributed by atoms with E-state index in [0.717, 1.165) is 15.8 Å². The van der Waals surface area contributed by atoms with Crippen molar-refractivity contribution >= 4 is 33.8 Å². The van der Waals surface area contributed by atoms with Gasteiger partial charge in [-0.1, -0.05) is 48.0 Å². The van der Waals surface area contributed by atoms with Crippen LogP contribution < -0.4 is 19.8 Å². The van der Waals surface area contributed by atoms with Crippen LogP contribution in [0.2, 0.25) is 0 Å². The number of nitro benzene ring substituents is 1. The lowest BCUT2D eigenvalue weighted by atomic mass is 10.1. The number of nitrogens with zero attached hydrogens (tertiary/aromatic N) is 4. The van der Waals surface area contributed by atoms with Gasteiger partial charge in [0.25, 0.3) is 5.56 Å². The largest absolute Gasteiger partial charge is 0.496 e. The van der Waals surface area contributed by atoms with Crippen molar-refractivity contribution in [3.05, 3.63) is 122 Å². The average Bonchev–Trinajstić information content (AvgIpc) is 3.48. The van der Waals surface area contributed by atoms with Gasteiger partial charge in [-0.25, -0.2) is 4.98 Å². The summed E-state index contributed by atoms with van der Waals surface area (Å²) in [6, 6.07) is 24.6. The van der Waals surface area contributed by atoms with Crippen molar-refractivity contribution < 1.29 is 23.6 Å². The Labute approximate surface area is 257 Å². The van der Waals surface area contributed by atoms with Crippen LogP contribution in [0.15, 0.2) is 99.2 Å². The number of rotatable bonds is 10. The Hall–Kier alpha value is -5.97. The molecule has 0 amide bonds. The molecular weight excluding hydrogens is 576 g/mol. The standard InChI is InChI=1S/C34H28N4O7/c1-4-43-30-17-23(16-27(38(40)41)32(30)44-20-22-10-7-9-21(2)15-22)19-35-37-33(36-26-12-6-5-11-24(26)34(37)39)31-18-25-28(42-3)13-8-14-29(25)45-31/h5-19H,4,20H2,1-3H3. The Bertz CT molecular complexity index is 2150. The van der Waals surface area contributed by atoms with Gasteiger partial charge in [-0.2, -0.15) is 9.78 Å². The third-order valence-corrected chi connectivity index (χ3v) is 7.06. The van der Waals surface area contributed by atoms with Gasteiger partial charge in [-0.3, -0.25) is 14.9 Å². The van der Waals surface area contributed by atoms with Crippen LogP contribution in [0.4, 0.5) is 5.69 Å². The van der Waals surface area contributed by atoms with Gasteiger partial charge in [-0.15, -0.1) is 0 Å². The third-order valence-electron chi connectivity index (χ3n) is 7.06. The molecule has 11 nitrogen and oxygen atoms in total. The fraction of sp³-hybridized carbons (Fsp3) is 0.147. The molecule has 0 aliphatic rings. The minimum absolute atomic E-state index is 0.00181. The van der Waals surface area contributed by atoms with Crippen molar-refractivity contribution in [2.24, 2.45) is 5.10 Å². The smallest absolute Gasteiger partial charge is 0.315 e. The summed E-state index contributed by atoms with van der Waals surface area (Å²) in [5.41, 5.74) is 2.46. The molecule has 0 aliphatic heterocycles. The number of ether oxygens (including phenoxy) is 3. The molecule has 0 bridgehead atoms. The highest BCUT2D eigenvalue weighted by Gasteiger charge is 2.23. The molecule has 4 aromatic carbocycles. The summed E-state index contributed by atoms with van der Waals surface area (Å²) in [6.07, 6.45) is 1.34. The highest BCUT2D eigenvalue weighted by Crippen LogP contribution is 2.39. The molecule has 6 rings (SSSR count). The number of benzene rings is 4. The van der Waals surface area contributed by atoms with Gasteiger partial charge in [0.05, 0.1) is 41.1 Å². The van der Waals surface area contributed by atoms with Crippen LogP contribution in [0.3, 0.4) is 0 Å². The number of aromatic nitrogens is 2. The van der Waals surface area contributed by atoms with Gasteiger partial charge >= 0.3 is 5.69 Å². The predicted molar refractivity (Wildman–Crippen MR) is 171 cm³/mol. The molecule has 0 unspecified atom stereocenters. The van der Waals surface area contributed by atoms with Crippen molar-refractivity contribution in [1.82, 2.24) is 9.66 Å². The molecule has 0 fully saturated rings. The zero-order valence-corrected chi connectivity index (χ0v) is 24.7. The van der Waals surface area contributed by atoms with E-state index < -0.39 is 10.5 Å². The first-order valence-electron chi connectivity index (χ1n) is 14.1. The summed E-state index contributed by atoms with van der Waals surface area (Å²) in [6.45, 7) is 4.08. The number of hydrogen-bond donors (Lipinski definition) is 0. The predicted octanol–water partition coefficient (Wildman–Crippen LogP) is 6.89. The quantitative estimate of drug-likeness (QED) is 0.0938. The second-order valence-electron chi connectivity index (χ2n) is 10.1. The van der Waals surface area contributed by atoms with Crippen molar-refractivity contribution in [2.75, 3.05) is 13.7 Å². The van der Waals surface area contributed by atoms with Crippen LogP contribution in [0.1, 0.15) is 23.6 Å². The monoisotopic (exact) mass is 604 g/mol. The van der Waals surface area contributed by atoms with Crippen molar-refractivity contribution in [3.8, 4) is 28.8 Å². The van der Waals surface area contributed by atoms with E-state index in [2.05, 4.69) is 5.10 Å².